The Morgan fingerprint density at radius 1 is 1.38 bits per heavy atom. The van der Waals surface area contributed by atoms with Crippen LogP contribution in [0.3, 0.4) is 0 Å². The summed E-state index contributed by atoms with van der Waals surface area (Å²) in [6.45, 7) is 1.98. The van der Waals surface area contributed by atoms with Crippen LogP contribution >= 0.6 is 27.5 Å². The smallest absolute Gasteiger partial charge is 0.132 e. The Hall–Kier alpha value is -0.600. The topological polar surface area (TPSA) is 12.9 Å². The summed E-state index contributed by atoms with van der Waals surface area (Å²) in [5.74, 6) is 0. The molecule has 2 rings (SSSR count). The van der Waals surface area contributed by atoms with Gasteiger partial charge in [-0.25, -0.2) is 4.98 Å². The zero-order chi connectivity index (χ0) is 9.42. The van der Waals surface area contributed by atoms with Crippen molar-refractivity contribution in [2.45, 2.75) is 6.92 Å². The fourth-order valence-corrected chi connectivity index (χ4v) is 1.81. The molecular weight excluding hydrogens is 249 g/mol. The van der Waals surface area contributed by atoms with E-state index >= 15 is 0 Å². The Morgan fingerprint density at radius 3 is 2.92 bits per heavy atom. The summed E-state index contributed by atoms with van der Waals surface area (Å²) < 4.78 is 1.06. The Labute approximate surface area is 89.9 Å². The quantitative estimate of drug-likeness (QED) is 0.650. The number of aromatic nitrogens is 1. The van der Waals surface area contributed by atoms with Gasteiger partial charge in [0.25, 0.3) is 0 Å². The first-order valence-electron chi connectivity index (χ1n) is 3.89. The predicted molar refractivity (Wildman–Crippen MR) is 59.2 cm³/mol. The van der Waals surface area contributed by atoms with Crippen molar-refractivity contribution < 1.29 is 0 Å². The number of pyridine rings is 1. The molecule has 0 aliphatic heterocycles. The third kappa shape index (κ3) is 1.56. The molecule has 0 spiro atoms. The lowest BCUT2D eigenvalue weighted by atomic mass is 10.1. The average Bonchev–Trinajstić information content (AvgIpc) is 2.12. The highest BCUT2D eigenvalue weighted by Gasteiger charge is 2.02. The van der Waals surface area contributed by atoms with E-state index in [9.17, 15) is 0 Å². The highest BCUT2D eigenvalue weighted by Crippen LogP contribution is 2.25. The average molecular weight is 257 g/mol. The third-order valence-electron chi connectivity index (χ3n) is 2.05. The highest BCUT2D eigenvalue weighted by atomic mass is 79.9. The molecule has 0 saturated carbocycles. The van der Waals surface area contributed by atoms with E-state index in [2.05, 4.69) is 27.0 Å². The van der Waals surface area contributed by atoms with Crippen molar-refractivity contribution in [2.24, 2.45) is 0 Å². The van der Waals surface area contributed by atoms with Gasteiger partial charge < -0.3 is 0 Å². The first-order chi connectivity index (χ1) is 6.18. The van der Waals surface area contributed by atoms with Crippen LogP contribution in [0.2, 0.25) is 5.15 Å². The van der Waals surface area contributed by atoms with Gasteiger partial charge >= 0.3 is 0 Å². The Kier molecular flexibility index (Phi) is 2.26. The van der Waals surface area contributed by atoms with E-state index in [1.165, 1.54) is 0 Å². The molecule has 0 N–H and O–H groups in total. The number of benzene rings is 1. The second-order valence-corrected chi connectivity index (χ2v) is 4.18. The van der Waals surface area contributed by atoms with E-state index in [-0.39, 0.29) is 0 Å². The fourth-order valence-electron chi connectivity index (χ4n) is 1.30. The van der Waals surface area contributed by atoms with Gasteiger partial charge in [0.1, 0.15) is 5.15 Å². The molecule has 1 aromatic carbocycles. The maximum atomic E-state index is 5.91. The molecule has 13 heavy (non-hydrogen) atoms. The molecule has 0 unspecified atom stereocenters. The largest absolute Gasteiger partial charge is 0.244 e. The van der Waals surface area contributed by atoms with Crippen molar-refractivity contribution in [1.82, 2.24) is 4.98 Å². The lowest BCUT2D eigenvalue weighted by molar-refractivity contribution is 1.31. The summed E-state index contributed by atoms with van der Waals surface area (Å²) in [6, 6.07) is 6.07. The molecule has 3 heteroatoms. The zero-order valence-corrected chi connectivity index (χ0v) is 9.35. The van der Waals surface area contributed by atoms with Gasteiger partial charge in [0, 0.05) is 16.1 Å². The van der Waals surface area contributed by atoms with E-state index in [1.807, 2.05) is 19.1 Å². The minimum Gasteiger partial charge on any atom is -0.244 e. The Bertz CT molecular complexity index is 462. The highest BCUT2D eigenvalue weighted by molar-refractivity contribution is 9.10. The summed E-state index contributed by atoms with van der Waals surface area (Å²) >= 11 is 9.34. The Morgan fingerprint density at radius 2 is 2.15 bits per heavy atom. The number of fused-ring (bicyclic) bond motifs is 1. The van der Waals surface area contributed by atoms with E-state index in [1.54, 1.807) is 6.20 Å². The molecule has 66 valence electrons. The number of rotatable bonds is 0. The standard InChI is InChI=1S/C10H7BrClN/c1-6-9-4-8(11)3-2-7(9)5-13-10(6)12/h2-5H,1H3. The van der Waals surface area contributed by atoms with E-state index in [4.69, 9.17) is 11.6 Å². The summed E-state index contributed by atoms with van der Waals surface area (Å²) in [5, 5.41) is 2.84. The van der Waals surface area contributed by atoms with Gasteiger partial charge in [0.2, 0.25) is 0 Å². The van der Waals surface area contributed by atoms with Crippen LogP contribution in [0.1, 0.15) is 5.56 Å². The number of aryl methyl sites for hydroxylation is 1. The van der Waals surface area contributed by atoms with Gasteiger partial charge in [-0.3, -0.25) is 0 Å². The predicted octanol–water partition coefficient (Wildman–Crippen LogP) is 3.96. The lowest BCUT2D eigenvalue weighted by Gasteiger charge is -2.03. The molecule has 0 amide bonds. The van der Waals surface area contributed by atoms with Gasteiger partial charge in [-0.1, -0.05) is 33.6 Å². The molecule has 0 aliphatic rings. The molecule has 2 aromatic rings. The number of nitrogens with zero attached hydrogens (tertiary/aromatic N) is 1. The maximum absolute atomic E-state index is 5.91. The molecule has 1 aromatic heterocycles. The van der Waals surface area contributed by atoms with Crippen molar-refractivity contribution in [3.05, 3.63) is 39.6 Å². The van der Waals surface area contributed by atoms with E-state index < -0.39 is 0 Å². The van der Waals surface area contributed by atoms with Crippen LogP contribution in [-0.4, -0.2) is 4.98 Å². The van der Waals surface area contributed by atoms with Gasteiger partial charge in [-0.05, 0) is 30.0 Å². The van der Waals surface area contributed by atoms with E-state index in [0.717, 1.165) is 20.8 Å². The molecule has 0 atom stereocenters. The van der Waals surface area contributed by atoms with Crippen molar-refractivity contribution in [1.29, 1.82) is 0 Å². The van der Waals surface area contributed by atoms with Crippen molar-refractivity contribution >= 4 is 38.3 Å². The van der Waals surface area contributed by atoms with Gasteiger partial charge in [0.15, 0.2) is 0 Å². The van der Waals surface area contributed by atoms with Gasteiger partial charge in [-0.2, -0.15) is 0 Å². The second-order valence-electron chi connectivity index (χ2n) is 2.91. The third-order valence-corrected chi connectivity index (χ3v) is 2.92. The van der Waals surface area contributed by atoms with Crippen LogP contribution < -0.4 is 0 Å². The monoisotopic (exact) mass is 255 g/mol. The van der Waals surface area contributed by atoms with Crippen LogP contribution in [0.15, 0.2) is 28.9 Å². The van der Waals surface area contributed by atoms with E-state index in [0.29, 0.717) is 5.15 Å². The molecule has 1 nitrogen and oxygen atoms in total. The summed E-state index contributed by atoms with van der Waals surface area (Å²) in [5.41, 5.74) is 1.03. The maximum Gasteiger partial charge on any atom is 0.132 e. The molecule has 0 aliphatic carbocycles. The number of hydrogen-bond acceptors (Lipinski definition) is 1. The first-order valence-corrected chi connectivity index (χ1v) is 5.06. The lowest BCUT2D eigenvalue weighted by Crippen LogP contribution is -1.84. The molecule has 0 bridgehead atoms. The summed E-state index contributed by atoms with van der Waals surface area (Å²) in [4.78, 5) is 4.09. The Balaban J connectivity index is 2.89. The van der Waals surface area contributed by atoms with Gasteiger partial charge in [0.05, 0.1) is 0 Å². The van der Waals surface area contributed by atoms with Crippen LogP contribution in [0, 0.1) is 6.92 Å². The van der Waals surface area contributed by atoms with Crippen LogP contribution in [-0.2, 0) is 0 Å². The van der Waals surface area contributed by atoms with Crippen molar-refractivity contribution in [2.75, 3.05) is 0 Å². The molecule has 0 radical (unpaired) electrons. The summed E-state index contributed by atoms with van der Waals surface area (Å²) in [6.07, 6.45) is 1.79. The number of halogens is 2. The van der Waals surface area contributed by atoms with Crippen LogP contribution in [0.5, 0.6) is 0 Å². The van der Waals surface area contributed by atoms with Crippen molar-refractivity contribution in [3.8, 4) is 0 Å². The second kappa shape index (κ2) is 3.28. The number of hydrogen-bond donors (Lipinski definition) is 0. The normalized spacial score (nSPS) is 10.7. The zero-order valence-electron chi connectivity index (χ0n) is 7.01. The summed E-state index contributed by atoms with van der Waals surface area (Å²) in [7, 11) is 0. The first kappa shape index (κ1) is 8.97. The molecule has 1 heterocycles. The minimum absolute atomic E-state index is 0.575. The molecular formula is C10H7BrClN. The fraction of sp³-hybridized carbons (Fsp3) is 0.100. The van der Waals surface area contributed by atoms with Crippen LogP contribution in [0.25, 0.3) is 10.8 Å². The minimum atomic E-state index is 0.575. The van der Waals surface area contributed by atoms with Crippen molar-refractivity contribution in [3.63, 3.8) is 0 Å². The molecule has 0 saturated heterocycles. The SMILES string of the molecule is Cc1c(Cl)ncc2ccc(Br)cc12. The van der Waals surface area contributed by atoms with Crippen LogP contribution in [0.4, 0.5) is 0 Å². The molecule has 0 fully saturated rings. The van der Waals surface area contributed by atoms with Gasteiger partial charge in [-0.15, -0.1) is 0 Å².